The maximum Gasteiger partial charge on any atom is 0.118 e. The molecule has 1 aromatic rings. The highest BCUT2D eigenvalue weighted by atomic mass is 16.3. The number of hydrogen-bond donors (Lipinski definition) is 1. The van der Waals surface area contributed by atoms with Crippen molar-refractivity contribution >= 4 is 0 Å². The lowest BCUT2D eigenvalue weighted by molar-refractivity contribution is 0.275. The van der Waals surface area contributed by atoms with Gasteiger partial charge in [0.1, 0.15) is 11.5 Å². The lowest BCUT2D eigenvalue weighted by atomic mass is 10.1. The van der Waals surface area contributed by atoms with Crippen molar-refractivity contribution in [1.82, 2.24) is 15.1 Å². The molecule has 0 bridgehead atoms. The van der Waals surface area contributed by atoms with E-state index in [4.69, 9.17) is 4.42 Å². The Kier molecular flexibility index (Phi) is 6.24. The van der Waals surface area contributed by atoms with Crippen LogP contribution in [0.1, 0.15) is 37.9 Å². The Balaban J connectivity index is 2.52. The van der Waals surface area contributed by atoms with Gasteiger partial charge in [0.25, 0.3) is 0 Å². The predicted molar refractivity (Wildman–Crippen MR) is 84.9 cm³/mol. The highest BCUT2D eigenvalue weighted by molar-refractivity contribution is 5.20. The Morgan fingerprint density at radius 3 is 2.35 bits per heavy atom. The number of aryl methyl sites for hydroxylation is 1. The molecule has 1 rings (SSSR count). The van der Waals surface area contributed by atoms with Crippen LogP contribution >= 0.6 is 0 Å². The molecule has 0 fully saturated rings. The summed E-state index contributed by atoms with van der Waals surface area (Å²) < 4.78 is 5.84. The van der Waals surface area contributed by atoms with Crippen molar-refractivity contribution in [1.29, 1.82) is 0 Å². The van der Waals surface area contributed by atoms with Crippen LogP contribution in [-0.2, 0) is 13.1 Å². The molecule has 4 heteroatoms. The molecule has 4 nitrogen and oxygen atoms in total. The zero-order valence-electron chi connectivity index (χ0n) is 14.2. The topological polar surface area (TPSA) is 31.7 Å². The van der Waals surface area contributed by atoms with Gasteiger partial charge in [0.15, 0.2) is 0 Å². The zero-order valence-corrected chi connectivity index (χ0v) is 14.2. The van der Waals surface area contributed by atoms with Gasteiger partial charge in [0.2, 0.25) is 0 Å². The maximum absolute atomic E-state index is 5.84. The van der Waals surface area contributed by atoms with E-state index in [1.165, 1.54) is 5.56 Å². The van der Waals surface area contributed by atoms with Crippen molar-refractivity contribution in [2.45, 2.75) is 46.3 Å². The van der Waals surface area contributed by atoms with Gasteiger partial charge in [-0.15, -0.1) is 0 Å². The fourth-order valence-electron chi connectivity index (χ4n) is 1.92. The second-order valence-corrected chi connectivity index (χ2v) is 6.94. The van der Waals surface area contributed by atoms with Gasteiger partial charge < -0.3 is 19.5 Å². The molecule has 0 aromatic carbocycles. The summed E-state index contributed by atoms with van der Waals surface area (Å²) in [5.41, 5.74) is 1.40. The van der Waals surface area contributed by atoms with E-state index < -0.39 is 0 Å². The monoisotopic (exact) mass is 281 g/mol. The smallest absolute Gasteiger partial charge is 0.118 e. The number of rotatable bonds is 7. The standard InChI is InChI=1S/C16H31N3O/c1-13-14(12-19(7)9-8-18(5)6)10-15(20-13)11-17-16(2,3)4/h10,17H,8-9,11-12H2,1-7H3. The molecule has 116 valence electrons. The fourth-order valence-corrected chi connectivity index (χ4v) is 1.92. The number of nitrogens with one attached hydrogen (secondary N) is 1. The predicted octanol–water partition coefficient (Wildman–Crippen LogP) is 2.47. The van der Waals surface area contributed by atoms with E-state index in [9.17, 15) is 0 Å². The summed E-state index contributed by atoms with van der Waals surface area (Å²) >= 11 is 0. The molecule has 0 amide bonds. The molecule has 1 aromatic heterocycles. The Bertz CT molecular complexity index is 404. The highest BCUT2D eigenvalue weighted by Gasteiger charge is 2.13. The molecular weight excluding hydrogens is 250 g/mol. The normalized spacial score (nSPS) is 12.7. The average Bonchev–Trinajstić information content (AvgIpc) is 2.64. The summed E-state index contributed by atoms with van der Waals surface area (Å²) in [6.45, 7) is 12.4. The third-order valence-corrected chi connectivity index (χ3v) is 3.23. The summed E-state index contributed by atoms with van der Waals surface area (Å²) in [7, 11) is 6.36. The van der Waals surface area contributed by atoms with Crippen LogP contribution in [0.15, 0.2) is 10.5 Å². The summed E-state index contributed by atoms with van der Waals surface area (Å²) in [6, 6.07) is 2.18. The summed E-state index contributed by atoms with van der Waals surface area (Å²) in [6.07, 6.45) is 0. The number of hydrogen-bond acceptors (Lipinski definition) is 4. The van der Waals surface area contributed by atoms with Gasteiger partial charge in [0, 0.05) is 30.7 Å². The summed E-state index contributed by atoms with van der Waals surface area (Å²) in [5, 5.41) is 3.46. The maximum atomic E-state index is 5.84. The van der Waals surface area contributed by atoms with Gasteiger partial charge >= 0.3 is 0 Å². The van der Waals surface area contributed by atoms with Crippen LogP contribution in [0.4, 0.5) is 0 Å². The molecule has 1 N–H and O–H groups in total. The molecule has 0 spiro atoms. The molecule has 0 aliphatic rings. The third-order valence-electron chi connectivity index (χ3n) is 3.23. The largest absolute Gasteiger partial charge is 0.465 e. The van der Waals surface area contributed by atoms with Crippen LogP contribution in [0.5, 0.6) is 0 Å². The van der Waals surface area contributed by atoms with Crippen molar-refractivity contribution in [2.24, 2.45) is 0 Å². The fraction of sp³-hybridized carbons (Fsp3) is 0.750. The second-order valence-electron chi connectivity index (χ2n) is 6.94. The first-order valence-electron chi connectivity index (χ1n) is 7.34. The Morgan fingerprint density at radius 1 is 1.15 bits per heavy atom. The molecule has 0 unspecified atom stereocenters. The molecule has 0 saturated heterocycles. The average molecular weight is 281 g/mol. The van der Waals surface area contributed by atoms with E-state index >= 15 is 0 Å². The Hall–Kier alpha value is -0.840. The van der Waals surface area contributed by atoms with Crippen LogP contribution in [0.3, 0.4) is 0 Å². The number of furan rings is 1. The lowest BCUT2D eigenvalue weighted by Crippen LogP contribution is -2.34. The molecule has 0 radical (unpaired) electrons. The van der Waals surface area contributed by atoms with Gasteiger partial charge in [-0.25, -0.2) is 0 Å². The lowest BCUT2D eigenvalue weighted by Gasteiger charge is -2.19. The van der Waals surface area contributed by atoms with Crippen molar-refractivity contribution in [3.8, 4) is 0 Å². The van der Waals surface area contributed by atoms with Crippen LogP contribution < -0.4 is 5.32 Å². The molecule has 0 atom stereocenters. The SMILES string of the molecule is Cc1oc(CNC(C)(C)C)cc1CN(C)CCN(C)C. The first kappa shape index (κ1) is 17.2. The van der Waals surface area contributed by atoms with Crippen molar-refractivity contribution in [3.63, 3.8) is 0 Å². The quantitative estimate of drug-likeness (QED) is 0.832. The first-order valence-corrected chi connectivity index (χ1v) is 7.34. The van der Waals surface area contributed by atoms with Gasteiger partial charge in [-0.2, -0.15) is 0 Å². The van der Waals surface area contributed by atoms with E-state index in [2.05, 4.69) is 70.0 Å². The van der Waals surface area contributed by atoms with Crippen LogP contribution in [0, 0.1) is 6.92 Å². The highest BCUT2D eigenvalue weighted by Crippen LogP contribution is 2.17. The minimum Gasteiger partial charge on any atom is -0.465 e. The van der Waals surface area contributed by atoms with E-state index in [0.717, 1.165) is 37.7 Å². The zero-order chi connectivity index (χ0) is 15.3. The minimum atomic E-state index is 0.114. The van der Waals surface area contributed by atoms with Gasteiger partial charge in [-0.05, 0) is 54.9 Å². The summed E-state index contributed by atoms with van der Waals surface area (Å²) in [4.78, 5) is 4.54. The van der Waals surface area contributed by atoms with E-state index in [1.54, 1.807) is 0 Å². The summed E-state index contributed by atoms with van der Waals surface area (Å²) in [5.74, 6) is 2.06. The molecule has 1 heterocycles. The van der Waals surface area contributed by atoms with E-state index in [-0.39, 0.29) is 5.54 Å². The molecular formula is C16H31N3O. The minimum absolute atomic E-state index is 0.114. The van der Waals surface area contributed by atoms with Crippen molar-refractivity contribution < 1.29 is 4.42 Å². The van der Waals surface area contributed by atoms with Crippen molar-refractivity contribution in [2.75, 3.05) is 34.2 Å². The molecule has 20 heavy (non-hydrogen) atoms. The van der Waals surface area contributed by atoms with Crippen LogP contribution in [-0.4, -0.2) is 49.6 Å². The molecule has 0 saturated carbocycles. The van der Waals surface area contributed by atoms with Crippen LogP contribution in [0.2, 0.25) is 0 Å². The molecule has 0 aliphatic carbocycles. The second kappa shape index (κ2) is 7.25. The van der Waals surface area contributed by atoms with Gasteiger partial charge in [0.05, 0.1) is 6.54 Å². The van der Waals surface area contributed by atoms with Crippen molar-refractivity contribution in [3.05, 3.63) is 23.2 Å². The first-order chi connectivity index (χ1) is 9.17. The van der Waals surface area contributed by atoms with Gasteiger partial charge in [-0.3, -0.25) is 0 Å². The Labute approximate surface area is 124 Å². The van der Waals surface area contributed by atoms with E-state index in [0.29, 0.717) is 0 Å². The number of likely N-dealkylation sites (N-methyl/N-ethyl adjacent to an activating group) is 2. The third kappa shape index (κ3) is 6.55. The Morgan fingerprint density at radius 2 is 1.80 bits per heavy atom. The van der Waals surface area contributed by atoms with Crippen LogP contribution in [0.25, 0.3) is 0 Å². The van der Waals surface area contributed by atoms with E-state index in [1.807, 2.05) is 0 Å². The van der Waals surface area contributed by atoms with Gasteiger partial charge in [-0.1, -0.05) is 0 Å². The number of nitrogens with zero attached hydrogens (tertiary/aromatic N) is 2. The molecule has 0 aliphatic heterocycles.